The molecule has 0 saturated carbocycles. The molecule has 0 aromatic rings. The Kier molecular flexibility index (Phi) is 22.6. The molecule has 176 valence electrons. The lowest BCUT2D eigenvalue weighted by Gasteiger charge is -2.30. The maximum absolute atomic E-state index is 6.98. The highest BCUT2D eigenvalue weighted by molar-refractivity contribution is 4.84. The van der Waals surface area contributed by atoms with E-state index in [1.54, 1.807) is 0 Å². The molecule has 0 heterocycles. The van der Waals surface area contributed by atoms with Crippen LogP contribution in [0.2, 0.25) is 0 Å². The molecular formula is C28H59N. The summed E-state index contributed by atoms with van der Waals surface area (Å²) in [5, 5.41) is 0. The standard InChI is InChI=1S/C28H59N/c1-4-7-10-13-16-17-18-21-24-27-28(29,25-22-19-14-11-8-5-2)26-23-20-15-12-9-6-3/h4-27,29H2,1-3H3. The Bertz CT molecular complexity index is 283. The highest BCUT2D eigenvalue weighted by atomic mass is 14.7. The van der Waals surface area contributed by atoms with Crippen LogP contribution in [0.5, 0.6) is 0 Å². The van der Waals surface area contributed by atoms with Gasteiger partial charge in [-0.1, -0.05) is 156 Å². The molecule has 0 aliphatic rings. The van der Waals surface area contributed by atoms with Gasteiger partial charge in [0.25, 0.3) is 0 Å². The van der Waals surface area contributed by atoms with Gasteiger partial charge in [-0.05, 0) is 19.3 Å². The SMILES string of the molecule is CCCCCCCCCCCC(N)(CCCCCCCC)CCCCCCCC. The van der Waals surface area contributed by atoms with Crippen molar-refractivity contribution in [2.45, 2.75) is 180 Å². The minimum atomic E-state index is 0.136. The molecule has 0 unspecified atom stereocenters. The van der Waals surface area contributed by atoms with E-state index >= 15 is 0 Å². The molecule has 0 rings (SSSR count). The van der Waals surface area contributed by atoms with Gasteiger partial charge in [-0.2, -0.15) is 0 Å². The second-order valence-corrected chi connectivity index (χ2v) is 9.98. The summed E-state index contributed by atoms with van der Waals surface area (Å²) in [5.74, 6) is 0. The Morgan fingerprint density at radius 3 is 0.793 bits per heavy atom. The van der Waals surface area contributed by atoms with Crippen LogP contribution in [0.1, 0.15) is 175 Å². The van der Waals surface area contributed by atoms with Gasteiger partial charge in [0.2, 0.25) is 0 Å². The predicted octanol–water partition coefficient (Wildman–Crippen LogP) is 10.1. The molecular weight excluding hydrogens is 350 g/mol. The van der Waals surface area contributed by atoms with Gasteiger partial charge in [-0.15, -0.1) is 0 Å². The molecule has 0 amide bonds. The molecule has 2 N–H and O–H groups in total. The Morgan fingerprint density at radius 2 is 0.552 bits per heavy atom. The van der Waals surface area contributed by atoms with E-state index in [9.17, 15) is 0 Å². The van der Waals surface area contributed by atoms with Crippen LogP contribution in [0.15, 0.2) is 0 Å². The maximum atomic E-state index is 6.98. The Balaban J connectivity index is 3.99. The number of nitrogens with two attached hydrogens (primary N) is 1. The first-order valence-electron chi connectivity index (χ1n) is 14.0. The molecule has 0 fully saturated rings. The van der Waals surface area contributed by atoms with E-state index in [0.29, 0.717) is 0 Å². The van der Waals surface area contributed by atoms with E-state index in [0.717, 1.165) is 0 Å². The summed E-state index contributed by atoms with van der Waals surface area (Å²) in [4.78, 5) is 0. The highest BCUT2D eigenvalue weighted by Gasteiger charge is 2.23. The van der Waals surface area contributed by atoms with Crippen LogP contribution in [0, 0.1) is 0 Å². The lowest BCUT2D eigenvalue weighted by Crippen LogP contribution is -2.39. The van der Waals surface area contributed by atoms with Crippen LogP contribution in [-0.4, -0.2) is 5.54 Å². The summed E-state index contributed by atoms with van der Waals surface area (Å²) in [7, 11) is 0. The normalized spacial score (nSPS) is 12.0. The van der Waals surface area contributed by atoms with Crippen LogP contribution < -0.4 is 5.73 Å². The molecule has 0 aliphatic heterocycles. The highest BCUT2D eigenvalue weighted by Crippen LogP contribution is 2.27. The van der Waals surface area contributed by atoms with Gasteiger partial charge < -0.3 is 5.73 Å². The minimum absolute atomic E-state index is 0.136. The molecule has 0 aromatic carbocycles. The van der Waals surface area contributed by atoms with Crippen molar-refractivity contribution in [1.82, 2.24) is 0 Å². The summed E-state index contributed by atoms with van der Waals surface area (Å²) in [6, 6.07) is 0. The average Bonchev–Trinajstić information content (AvgIpc) is 2.72. The van der Waals surface area contributed by atoms with Crippen molar-refractivity contribution in [2.75, 3.05) is 0 Å². The van der Waals surface area contributed by atoms with E-state index in [4.69, 9.17) is 5.73 Å². The molecule has 0 atom stereocenters. The summed E-state index contributed by atoms with van der Waals surface area (Å²) >= 11 is 0. The zero-order chi connectivity index (χ0) is 21.5. The fourth-order valence-electron chi connectivity index (χ4n) is 4.68. The number of rotatable bonds is 24. The third-order valence-corrected chi connectivity index (χ3v) is 6.83. The monoisotopic (exact) mass is 409 g/mol. The molecule has 29 heavy (non-hydrogen) atoms. The zero-order valence-corrected chi connectivity index (χ0v) is 21.0. The number of hydrogen-bond donors (Lipinski definition) is 1. The van der Waals surface area contributed by atoms with Crippen LogP contribution >= 0.6 is 0 Å². The Morgan fingerprint density at radius 1 is 0.345 bits per heavy atom. The number of unbranched alkanes of at least 4 members (excludes halogenated alkanes) is 18. The molecule has 0 aliphatic carbocycles. The summed E-state index contributed by atoms with van der Waals surface area (Å²) < 4.78 is 0. The first-order chi connectivity index (χ1) is 14.2. The van der Waals surface area contributed by atoms with Crippen molar-refractivity contribution in [3.8, 4) is 0 Å². The zero-order valence-electron chi connectivity index (χ0n) is 21.0. The molecule has 1 heteroatoms. The molecule has 0 bridgehead atoms. The van der Waals surface area contributed by atoms with Gasteiger partial charge in [-0.3, -0.25) is 0 Å². The molecule has 0 saturated heterocycles. The third-order valence-electron chi connectivity index (χ3n) is 6.83. The van der Waals surface area contributed by atoms with Crippen LogP contribution in [-0.2, 0) is 0 Å². The van der Waals surface area contributed by atoms with Crippen molar-refractivity contribution in [3.05, 3.63) is 0 Å². The van der Waals surface area contributed by atoms with E-state index < -0.39 is 0 Å². The quantitative estimate of drug-likeness (QED) is 0.158. The third kappa shape index (κ3) is 21.0. The predicted molar refractivity (Wildman–Crippen MR) is 135 cm³/mol. The number of hydrogen-bond acceptors (Lipinski definition) is 1. The first-order valence-corrected chi connectivity index (χ1v) is 14.0. The van der Waals surface area contributed by atoms with Gasteiger partial charge in [0.05, 0.1) is 0 Å². The van der Waals surface area contributed by atoms with Gasteiger partial charge in [-0.25, -0.2) is 0 Å². The lowest BCUT2D eigenvalue weighted by molar-refractivity contribution is 0.302. The van der Waals surface area contributed by atoms with E-state index in [-0.39, 0.29) is 5.54 Å². The fraction of sp³-hybridized carbons (Fsp3) is 1.00. The van der Waals surface area contributed by atoms with Crippen molar-refractivity contribution < 1.29 is 0 Å². The molecule has 0 aromatic heterocycles. The van der Waals surface area contributed by atoms with E-state index in [1.807, 2.05) is 0 Å². The van der Waals surface area contributed by atoms with E-state index in [2.05, 4.69) is 20.8 Å². The van der Waals surface area contributed by atoms with Crippen molar-refractivity contribution in [1.29, 1.82) is 0 Å². The molecule has 1 nitrogen and oxygen atoms in total. The van der Waals surface area contributed by atoms with Gasteiger partial charge in [0.1, 0.15) is 0 Å². The second kappa shape index (κ2) is 22.6. The van der Waals surface area contributed by atoms with E-state index in [1.165, 1.54) is 154 Å². The van der Waals surface area contributed by atoms with Gasteiger partial charge in [0, 0.05) is 5.54 Å². The smallest absolute Gasteiger partial charge is 0.0154 e. The van der Waals surface area contributed by atoms with Gasteiger partial charge >= 0.3 is 0 Å². The maximum Gasteiger partial charge on any atom is 0.0154 e. The first kappa shape index (κ1) is 29.0. The fourth-order valence-corrected chi connectivity index (χ4v) is 4.68. The van der Waals surface area contributed by atoms with Gasteiger partial charge in [0.15, 0.2) is 0 Å². The van der Waals surface area contributed by atoms with Crippen LogP contribution in [0.4, 0.5) is 0 Å². The van der Waals surface area contributed by atoms with Crippen molar-refractivity contribution in [3.63, 3.8) is 0 Å². The topological polar surface area (TPSA) is 26.0 Å². The van der Waals surface area contributed by atoms with Crippen LogP contribution in [0.25, 0.3) is 0 Å². The average molecular weight is 410 g/mol. The van der Waals surface area contributed by atoms with Crippen LogP contribution in [0.3, 0.4) is 0 Å². The Hall–Kier alpha value is -0.0400. The second-order valence-electron chi connectivity index (χ2n) is 9.98. The Labute approximate surface area is 186 Å². The van der Waals surface area contributed by atoms with Crippen molar-refractivity contribution in [2.24, 2.45) is 5.73 Å². The lowest BCUT2D eigenvalue weighted by atomic mass is 9.82. The molecule has 0 radical (unpaired) electrons. The summed E-state index contributed by atoms with van der Waals surface area (Å²) in [6.45, 7) is 6.91. The largest absolute Gasteiger partial charge is 0.325 e. The summed E-state index contributed by atoms with van der Waals surface area (Å²) in [5.41, 5.74) is 7.11. The summed E-state index contributed by atoms with van der Waals surface area (Å²) in [6.07, 6.45) is 33.2. The molecule has 0 spiro atoms. The van der Waals surface area contributed by atoms with Crippen molar-refractivity contribution >= 4 is 0 Å². The minimum Gasteiger partial charge on any atom is -0.325 e.